The zero-order valence-corrected chi connectivity index (χ0v) is 10.7. The summed E-state index contributed by atoms with van der Waals surface area (Å²) in [5.74, 6) is 2.58. The van der Waals surface area contributed by atoms with E-state index in [0.717, 1.165) is 30.9 Å². The van der Waals surface area contributed by atoms with Gasteiger partial charge in [0.1, 0.15) is 0 Å². The van der Waals surface area contributed by atoms with E-state index in [9.17, 15) is 0 Å². The van der Waals surface area contributed by atoms with Crippen LogP contribution < -0.4 is 5.73 Å². The molecule has 1 saturated heterocycles. The zero-order chi connectivity index (χ0) is 11.4. The summed E-state index contributed by atoms with van der Waals surface area (Å²) in [6, 6.07) is 0. The van der Waals surface area contributed by atoms with E-state index in [0.29, 0.717) is 6.10 Å². The third-order valence-electron chi connectivity index (χ3n) is 4.59. The van der Waals surface area contributed by atoms with E-state index < -0.39 is 0 Å². The van der Waals surface area contributed by atoms with Crippen molar-refractivity contribution >= 4 is 0 Å². The summed E-state index contributed by atoms with van der Waals surface area (Å²) in [7, 11) is 0. The van der Waals surface area contributed by atoms with Gasteiger partial charge in [0.15, 0.2) is 0 Å². The molecule has 0 aromatic carbocycles. The lowest BCUT2D eigenvalue weighted by Gasteiger charge is -2.34. The molecule has 1 heterocycles. The Bertz CT molecular complexity index is 201. The number of hydrogen-bond donors (Lipinski definition) is 1. The molecule has 1 aliphatic heterocycles. The van der Waals surface area contributed by atoms with E-state index in [-0.39, 0.29) is 0 Å². The van der Waals surface area contributed by atoms with Gasteiger partial charge < -0.3 is 10.5 Å². The molecule has 0 bridgehead atoms. The van der Waals surface area contributed by atoms with Crippen molar-refractivity contribution in [3.05, 3.63) is 0 Å². The maximum atomic E-state index is 5.89. The molecule has 16 heavy (non-hydrogen) atoms. The first-order valence-electron chi connectivity index (χ1n) is 7.11. The second kappa shape index (κ2) is 6.02. The molecule has 0 aromatic heterocycles. The van der Waals surface area contributed by atoms with Gasteiger partial charge in [-0.3, -0.25) is 0 Å². The third kappa shape index (κ3) is 3.21. The first kappa shape index (κ1) is 12.4. The minimum atomic E-state index is 0.565. The van der Waals surface area contributed by atoms with Crippen molar-refractivity contribution in [2.75, 3.05) is 13.2 Å². The van der Waals surface area contributed by atoms with Crippen LogP contribution in [0.25, 0.3) is 0 Å². The van der Waals surface area contributed by atoms with Gasteiger partial charge in [0.2, 0.25) is 0 Å². The van der Waals surface area contributed by atoms with Gasteiger partial charge in [0, 0.05) is 6.61 Å². The average Bonchev–Trinajstić information content (AvgIpc) is 2.79. The second-order valence-corrected chi connectivity index (χ2v) is 5.89. The molecule has 0 aromatic rings. The van der Waals surface area contributed by atoms with Gasteiger partial charge in [-0.2, -0.15) is 0 Å². The van der Waals surface area contributed by atoms with Gasteiger partial charge in [-0.25, -0.2) is 0 Å². The fourth-order valence-electron chi connectivity index (χ4n) is 3.50. The van der Waals surface area contributed by atoms with Crippen molar-refractivity contribution in [1.82, 2.24) is 0 Å². The summed E-state index contributed by atoms with van der Waals surface area (Å²) in [6.07, 6.45) is 9.88. The van der Waals surface area contributed by atoms with Crippen molar-refractivity contribution in [3.8, 4) is 0 Å². The monoisotopic (exact) mass is 225 g/mol. The highest BCUT2D eigenvalue weighted by Crippen LogP contribution is 2.36. The smallest absolute Gasteiger partial charge is 0.0576 e. The normalized spacial score (nSPS) is 40.1. The van der Waals surface area contributed by atoms with Crippen LogP contribution in [0.4, 0.5) is 0 Å². The first-order chi connectivity index (χ1) is 7.79. The number of nitrogens with two attached hydrogens (primary N) is 1. The summed E-state index contributed by atoms with van der Waals surface area (Å²) in [4.78, 5) is 0. The molecule has 4 atom stereocenters. The van der Waals surface area contributed by atoms with Crippen LogP contribution in [0.3, 0.4) is 0 Å². The lowest BCUT2D eigenvalue weighted by Crippen LogP contribution is -2.30. The van der Waals surface area contributed by atoms with E-state index in [4.69, 9.17) is 10.5 Å². The Labute approximate surface area is 99.9 Å². The lowest BCUT2D eigenvalue weighted by atomic mass is 9.72. The molecule has 2 nitrogen and oxygen atoms in total. The summed E-state index contributed by atoms with van der Waals surface area (Å²) < 4.78 is 5.71. The predicted octanol–water partition coefficient (Wildman–Crippen LogP) is 2.96. The van der Waals surface area contributed by atoms with E-state index in [1.54, 1.807) is 0 Å². The van der Waals surface area contributed by atoms with Crippen LogP contribution in [0.5, 0.6) is 0 Å². The molecule has 0 radical (unpaired) electrons. The van der Waals surface area contributed by atoms with Gasteiger partial charge >= 0.3 is 0 Å². The summed E-state index contributed by atoms with van der Waals surface area (Å²) in [6.45, 7) is 4.28. The van der Waals surface area contributed by atoms with Gasteiger partial charge in [-0.1, -0.05) is 13.3 Å². The lowest BCUT2D eigenvalue weighted by molar-refractivity contribution is 0.0865. The van der Waals surface area contributed by atoms with Gasteiger partial charge in [-0.15, -0.1) is 0 Å². The summed E-state index contributed by atoms with van der Waals surface area (Å²) in [5.41, 5.74) is 5.89. The quantitative estimate of drug-likeness (QED) is 0.798. The SMILES string of the molecule is CC1CCC(CN)C(CCC2CCCO2)C1. The molecule has 2 rings (SSSR count). The van der Waals surface area contributed by atoms with Crippen LogP contribution in [0.1, 0.15) is 51.9 Å². The van der Waals surface area contributed by atoms with Crippen molar-refractivity contribution < 1.29 is 4.74 Å². The Hall–Kier alpha value is -0.0800. The highest BCUT2D eigenvalue weighted by molar-refractivity contribution is 4.80. The number of rotatable bonds is 4. The Morgan fingerprint density at radius 3 is 2.69 bits per heavy atom. The molecule has 1 saturated carbocycles. The molecule has 0 spiro atoms. The maximum absolute atomic E-state index is 5.89. The molecule has 2 N–H and O–H groups in total. The Balaban J connectivity index is 1.76. The van der Waals surface area contributed by atoms with Crippen molar-refractivity contribution in [1.29, 1.82) is 0 Å². The van der Waals surface area contributed by atoms with E-state index in [2.05, 4.69) is 6.92 Å². The average molecular weight is 225 g/mol. The zero-order valence-electron chi connectivity index (χ0n) is 10.7. The van der Waals surface area contributed by atoms with Crippen LogP contribution in [0.15, 0.2) is 0 Å². The van der Waals surface area contributed by atoms with Crippen LogP contribution in [0.2, 0.25) is 0 Å². The van der Waals surface area contributed by atoms with Crippen molar-refractivity contribution in [2.24, 2.45) is 23.5 Å². The third-order valence-corrected chi connectivity index (χ3v) is 4.59. The molecule has 94 valence electrons. The summed E-state index contributed by atoms with van der Waals surface area (Å²) >= 11 is 0. The van der Waals surface area contributed by atoms with Crippen LogP contribution in [-0.4, -0.2) is 19.3 Å². The minimum Gasteiger partial charge on any atom is -0.378 e. The standard InChI is InChI=1S/C14H27NO/c1-11-4-5-13(10-15)12(9-11)6-7-14-3-2-8-16-14/h11-14H,2-10,15H2,1H3. The highest BCUT2D eigenvalue weighted by atomic mass is 16.5. The van der Waals surface area contributed by atoms with E-state index in [1.165, 1.54) is 44.9 Å². The number of ether oxygens (including phenoxy) is 1. The maximum Gasteiger partial charge on any atom is 0.0576 e. The van der Waals surface area contributed by atoms with Gasteiger partial charge in [0.05, 0.1) is 6.10 Å². The first-order valence-corrected chi connectivity index (χ1v) is 7.11. The van der Waals surface area contributed by atoms with Crippen LogP contribution >= 0.6 is 0 Å². The highest BCUT2D eigenvalue weighted by Gasteiger charge is 2.28. The fourth-order valence-corrected chi connectivity index (χ4v) is 3.50. The molecule has 2 aliphatic rings. The van der Waals surface area contributed by atoms with Gasteiger partial charge in [-0.05, 0) is 62.8 Å². The topological polar surface area (TPSA) is 35.2 Å². The molecule has 0 amide bonds. The van der Waals surface area contributed by atoms with Gasteiger partial charge in [0.25, 0.3) is 0 Å². The Kier molecular flexibility index (Phi) is 4.66. The Morgan fingerprint density at radius 2 is 2.00 bits per heavy atom. The number of hydrogen-bond acceptors (Lipinski definition) is 2. The van der Waals surface area contributed by atoms with Crippen LogP contribution in [0, 0.1) is 17.8 Å². The largest absolute Gasteiger partial charge is 0.378 e. The van der Waals surface area contributed by atoms with Crippen molar-refractivity contribution in [3.63, 3.8) is 0 Å². The fraction of sp³-hybridized carbons (Fsp3) is 1.00. The second-order valence-electron chi connectivity index (χ2n) is 5.89. The van der Waals surface area contributed by atoms with Crippen molar-refractivity contribution in [2.45, 2.75) is 58.0 Å². The summed E-state index contributed by atoms with van der Waals surface area (Å²) in [5, 5.41) is 0. The molecule has 2 fully saturated rings. The predicted molar refractivity (Wildman–Crippen MR) is 67.3 cm³/mol. The Morgan fingerprint density at radius 1 is 1.12 bits per heavy atom. The minimum absolute atomic E-state index is 0.565. The van der Waals surface area contributed by atoms with E-state index in [1.807, 2.05) is 0 Å². The molecule has 1 aliphatic carbocycles. The van der Waals surface area contributed by atoms with E-state index >= 15 is 0 Å². The van der Waals surface area contributed by atoms with Crippen LogP contribution in [-0.2, 0) is 4.74 Å². The molecular formula is C14H27NO. The molecule has 4 unspecified atom stereocenters. The molecular weight excluding hydrogens is 198 g/mol. The molecule has 2 heteroatoms.